The van der Waals surface area contributed by atoms with Crippen LogP contribution in [0.3, 0.4) is 0 Å². The molecule has 0 saturated carbocycles. The van der Waals surface area contributed by atoms with Gasteiger partial charge in [-0.25, -0.2) is 0 Å². The van der Waals surface area contributed by atoms with Crippen molar-refractivity contribution in [3.05, 3.63) is 0 Å². The van der Waals surface area contributed by atoms with E-state index in [4.69, 9.17) is 15.7 Å². The van der Waals surface area contributed by atoms with Gasteiger partial charge in [-0.3, -0.25) is 0 Å². The van der Waals surface area contributed by atoms with Crippen LogP contribution in [-0.2, 0) is 4.74 Å². The Morgan fingerprint density at radius 3 is 3.15 bits per heavy atom. The lowest BCUT2D eigenvalue weighted by molar-refractivity contribution is 0.0708. The molecule has 1 fully saturated rings. The van der Waals surface area contributed by atoms with Gasteiger partial charge >= 0.3 is 0 Å². The summed E-state index contributed by atoms with van der Waals surface area (Å²) in [6.45, 7) is 2.39. The zero-order chi connectivity index (χ0) is 9.52. The lowest BCUT2D eigenvalue weighted by Gasteiger charge is -2.22. The van der Waals surface area contributed by atoms with E-state index in [1.54, 1.807) is 0 Å². The summed E-state index contributed by atoms with van der Waals surface area (Å²) in [5.74, 6) is 0.268. The van der Waals surface area contributed by atoms with Crippen LogP contribution in [0.25, 0.3) is 0 Å². The fourth-order valence-corrected chi connectivity index (χ4v) is 1.36. The maximum Gasteiger partial charge on any atom is 0.140 e. The fraction of sp³-hybridized carbons (Fsp3) is 0.875. The first kappa shape index (κ1) is 10.3. The number of hydrogen-bond donors (Lipinski definition) is 3. The van der Waals surface area contributed by atoms with Crippen molar-refractivity contribution in [1.29, 1.82) is 0 Å². The summed E-state index contributed by atoms with van der Waals surface area (Å²) in [5.41, 5.74) is 5.32. The molecule has 76 valence electrons. The molecule has 1 heterocycles. The summed E-state index contributed by atoms with van der Waals surface area (Å²) in [7, 11) is 0. The van der Waals surface area contributed by atoms with Crippen molar-refractivity contribution in [2.45, 2.75) is 25.3 Å². The number of hydrogen-bond acceptors (Lipinski definition) is 4. The van der Waals surface area contributed by atoms with Gasteiger partial charge in [0.25, 0.3) is 0 Å². The molecule has 0 spiro atoms. The molecule has 1 aliphatic rings. The largest absolute Gasteiger partial charge is 0.409 e. The molecule has 0 aliphatic carbocycles. The van der Waals surface area contributed by atoms with E-state index in [1.807, 2.05) is 0 Å². The number of ether oxygens (including phenoxy) is 1. The Morgan fingerprint density at radius 1 is 1.69 bits per heavy atom. The van der Waals surface area contributed by atoms with Crippen molar-refractivity contribution < 1.29 is 9.94 Å². The molecule has 5 nitrogen and oxygen atoms in total. The van der Waals surface area contributed by atoms with Crippen molar-refractivity contribution >= 4 is 5.84 Å². The zero-order valence-corrected chi connectivity index (χ0v) is 7.70. The monoisotopic (exact) mass is 187 g/mol. The van der Waals surface area contributed by atoms with Crippen molar-refractivity contribution in [3.63, 3.8) is 0 Å². The Kier molecular flexibility index (Phi) is 4.56. The van der Waals surface area contributed by atoms with E-state index in [-0.39, 0.29) is 5.84 Å². The number of nitrogens with one attached hydrogen (secondary N) is 1. The summed E-state index contributed by atoms with van der Waals surface area (Å²) in [6.07, 6.45) is 2.84. The molecule has 5 heteroatoms. The van der Waals surface area contributed by atoms with Crippen molar-refractivity contribution in [2.24, 2.45) is 10.9 Å². The smallest absolute Gasteiger partial charge is 0.140 e. The van der Waals surface area contributed by atoms with Crippen LogP contribution in [0.5, 0.6) is 0 Å². The molecule has 13 heavy (non-hydrogen) atoms. The maximum atomic E-state index is 8.28. The Hall–Kier alpha value is -0.810. The summed E-state index contributed by atoms with van der Waals surface area (Å²) in [4.78, 5) is 0. The molecule has 1 unspecified atom stereocenters. The predicted octanol–water partition coefficient (Wildman–Crippen LogP) is -0.109. The quantitative estimate of drug-likeness (QED) is 0.248. The zero-order valence-electron chi connectivity index (χ0n) is 7.70. The molecule has 4 N–H and O–H groups in total. The molecular weight excluding hydrogens is 170 g/mol. The molecule has 1 saturated heterocycles. The highest BCUT2D eigenvalue weighted by atomic mass is 16.5. The van der Waals surface area contributed by atoms with Gasteiger partial charge in [-0.2, -0.15) is 0 Å². The first-order chi connectivity index (χ1) is 6.33. The summed E-state index contributed by atoms with van der Waals surface area (Å²) < 4.78 is 5.29. The minimum atomic E-state index is 0.268. The molecule has 0 amide bonds. The number of amidine groups is 1. The van der Waals surface area contributed by atoms with Gasteiger partial charge in [0.2, 0.25) is 0 Å². The van der Waals surface area contributed by atoms with E-state index in [9.17, 15) is 0 Å². The molecule has 0 bridgehead atoms. The van der Waals surface area contributed by atoms with E-state index >= 15 is 0 Å². The summed E-state index contributed by atoms with van der Waals surface area (Å²) in [5, 5.41) is 14.5. The van der Waals surface area contributed by atoms with Gasteiger partial charge in [-0.15, -0.1) is 0 Å². The molecule has 1 rings (SSSR count). The Balaban J connectivity index is 2.04. The molecule has 0 aromatic carbocycles. The van der Waals surface area contributed by atoms with Crippen LogP contribution >= 0.6 is 0 Å². The van der Waals surface area contributed by atoms with Gasteiger partial charge in [-0.05, 0) is 12.8 Å². The third kappa shape index (κ3) is 4.10. The van der Waals surface area contributed by atoms with E-state index in [2.05, 4.69) is 10.5 Å². The molecule has 0 aromatic heterocycles. The third-order valence-electron chi connectivity index (χ3n) is 2.10. The first-order valence-corrected chi connectivity index (χ1v) is 4.60. The minimum absolute atomic E-state index is 0.268. The van der Waals surface area contributed by atoms with Gasteiger partial charge in [0.05, 0.1) is 6.61 Å². The average Bonchev–Trinajstić information content (AvgIpc) is 2.19. The molecule has 1 atom stereocenters. The van der Waals surface area contributed by atoms with Crippen LogP contribution < -0.4 is 11.1 Å². The number of rotatable bonds is 4. The van der Waals surface area contributed by atoms with Crippen LogP contribution in [0.15, 0.2) is 5.16 Å². The fourth-order valence-electron chi connectivity index (χ4n) is 1.36. The highest BCUT2D eigenvalue weighted by Gasteiger charge is 2.12. The van der Waals surface area contributed by atoms with Gasteiger partial charge in [0, 0.05) is 25.6 Å². The highest BCUT2D eigenvalue weighted by Crippen LogP contribution is 2.05. The Morgan fingerprint density at radius 2 is 2.54 bits per heavy atom. The molecular formula is C8H17N3O2. The van der Waals surface area contributed by atoms with Crippen LogP contribution in [0.1, 0.15) is 19.3 Å². The van der Waals surface area contributed by atoms with E-state index in [0.29, 0.717) is 12.5 Å². The van der Waals surface area contributed by atoms with Gasteiger partial charge < -0.3 is 21.0 Å². The van der Waals surface area contributed by atoms with Crippen molar-refractivity contribution in [2.75, 3.05) is 19.8 Å². The summed E-state index contributed by atoms with van der Waals surface area (Å²) >= 11 is 0. The maximum absolute atomic E-state index is 8.28. The van der Waals surface area contributed by atoms with Crippen molar-refractivity contribution in [3.8, 4) is 0 Å². The second kappa shape index (κ2) is 5.77. The second-order valence-electron chi connectivity index (χ2n) is 3.21. The van der Waals surface area contributed by atoms with E-state index in [0.717, 1.165) is 32.6 Å². The molecule has 0 radical (unpaired) electrons. The number of nitrogens with zero attached hydrogens (tertiary/aromatic N) is 1. The first-order valence-electron chi connectivity index (χ1n) is 4.60. The minimum Gasteiger partial charge on any atom is -0.409 e. The highest BCUT2D eigenvalue weighted by molar-refractivity contribution is 5.79. The van der Waals surface area contributed by atoms with Crippen LogP contribution in [-0.4, -0.2) is 36.8 Å². The van der Waals surface area contributed by atoms with Crippen LogP contribution in [0.2, 0.25) is 0 Å². The van der Waals surface area contributed by atoms with Gasteiger partial charge in [-0.1, -0.05) is 5.16 Å². The lowest BCUT2D eigenvalue weighted by atomic mass is 10.1. The summed E-state index contributed by atoms with van der Waals surface area (Å²) in [6, 6.07) is 0.431. The SMILES string of the molecule is NC(CCNC1CCCOC1)=NO. The van der Waals surface area contributed by atoms with E-state index in [1.165, 1.54) is 0 Å². The number of nitrogens with two attached hydrogens (primary N) is 1. The average molecular weight is 187 g/mol. The van der Waals surface area contributed by atoms with Gasteiger partial charge in [0.1, 0.15) is 5.84 Å². The molecule has 0 aromatic rings. The van der Waals surface area contributed by atoms with Crippen LogP contribution in [0.4, 0.5) is 0 Å². The Bertz CT molecular complexity index is 167. The molecule has 1 aliphatic heterocycles. The standard InChI is InChI=1S/C8H17N3O2/c9-8(11-12)3-4-10-7-2-1-5-13-6-7/h7,10,12H,1-6H2,(H2,9,11). The lowest BCUT2D eigenvalue weighted by Crippen LogP contribution is -2.38. The Labute approximate surface area is 77.9 Å². The van der Waals surface area contributed by atoms with Crippen LogP contribution in [0, 0.1) is 0 Å². The van der Waals surface area contributed by atoms with Gasteiger partial charge in [0.15, 0.2) is 0 Å². The van der Waals surface area contributed by atoms with E-state index < -0.39 is 0 Å². The predicted molar refractivity (Wildman–Crippen MR) is 49.9 cm³/mol. The number of oxime groups is 1. The topological polar surface area (TPSA) is 79.9 Å². The normalized spacial score (nSPS) is 24.6. The third-order valence-corrected chi connectivity index (χ3v) is 2.10. The second-order valence-corrected chi connectivity index (χ2v) is 3.21. The van der Waals surface area contributed by atoms with Crippen molar-refractivity contribution in [1.82, 2.24) is 5.32 Å².